The molecule has 0 N–H and O–H groups in total. The molecule has 13 rings (SSSR count). The van der Waals surface area contributed by atoms with Gasteiger partial charge in [0.25, 0.3) is 0 Å². The molecule has 0 aliphatic carbocycles. The molecule has 0 fully saturated rings. The molecule has 0 bridgehead atoms. The third kappa shape index (κ3) is 6.15. The fourth-order valence-electron chi connectivity index (χ4n) is 9.26. The van der Waals surface area contributed by atoms with E-state index in [0.717, 1.165) is 61.1 Å². The van der Waals surface area contributed by atoms with Crippen LogP contribution >= 0.6 is 0 Å². The van der Waals surface area contributed by atoms with Crippen LogP contribution in [0.25, 0.3) is 111 Å². The van der Waals surface area contributed by atoms with Crippen LogP contribution in [0.2, 0.25) is 0 Å². The predicted molar refractivity (Wildman–Crippen MR) is 263 cm³/mol. The van der Waals surface area contributed by atoms with Gasteiger partial charge in [0.05, 0.1) is 27.8 Å². The number of hydrogen-bond donors (Lipinski definition) is 0. The van der Waals surface area contributed by atoms with E-state index in [1.165, 1.54) is 38.1 Å². The fraction of sp³-hybridized carbons (Fsp3) is 0.0172. The van der Waals surface area contributed by atoms with Crippen molar-refractivity contribution in [1.82, 2.24) is 24.1 Å². The molecule has 6 nitrogen and oxygen atoms in total. The van der Waals surface area contributed by atoms with Crippen LogP contribution in [-0.2, 0) is 0 Å². The number of aryl methyl sites for hydroxylation is 1. The van der Waals surface area contributed by atoms with E-state index >= 15 is 0 Å². The van der Waals surface area contributed by atoms with E-state index in [0.29, 0.717) is 17.5 Å². The molecule has 0 unspecified atom stereocenters. The average Bonchev–Trinajstić information content (AvgIpc) is 4.03. The molecule has 0 saturated carbocycles. The van der Waals surface area contributed by atoms with Gasteiger partial charge in [0.1, 0.15) is 5.58 Å². The highest BCUT2D eigenvalue weighted by atomic mass is 16.3. The van der Waals surface area contributed by atoms with E-state index in [9.17, 15) is 0 Å². The zero-order valence-electron chi connectivity index (χ0n) is 34.9. The first-order chi connectivity index (χ1) is 31.7. The van der Waals surface area contributed by atoms with Crippen LogP contribution in [0.5, 0.6) is 0 Å². The summed E-state index contributed by atoms with van der Waals surface area (Å²) in [5, 5.41) is 7.21. The maximum absolute atomic E-state index is 6.56. The van der Waals surface area contributed by atoms with E-state index < -0.39 is 0 Å². The van der Waals surface area contributed by atoms with E-state index in [-0.39, 0.29) is 0 Å². The Bertz CT molecular complexity index is 3790. The normalized spacial score (nSPS) is 11.5. The summed E-state index contributed by atoms with van der Waals surface area (Å²) in [6.45, 7) is 2.07. The van der Waals surface area contributed by atoms with Gasteiger partial charge >= 0.3 is 0 Å². The molecule has 0 spiro atoms. The summed E-state index contributed by atoms with van der Waals surface area (Å²) in [5.74, 6) is 2.08. The Morgan fingerprint density at radius 1 is 0.359 bits per heavy atom. The van der Waals surface area contributed by atoms with E-state index in [4.69, 9.17) is 19.4 Å². The minimum Gasteiger partial charge on any atom is -0.454 e. The molecule has 13 aromatic rings. The maximum Gasteiger partial charge on any atom is 0.164 e. The van der Waals surface area contributed by atoms with Crippen molar-refractivity contribution in [2.75, 3.05) is 0 Å². The Morgan fingerprint density at radius 2 is 0.844 bits per heavy atom. The molecule has 0 amide bonds. The Kier molecular flexibility index (Phi) is 8.94. The lowest BCUT2D eigenvalue weighted by Crippen LogP contribution is -2.00. The summed E-state index contributed by atoms with van der Waals surface area (Å²) >= 11 is 0. The van der Waals surface area contributed by atoms with Crippen molar-refractivity contribution in [3.8, 4) is 45.5 Å². The Balaban J connectivity index is 0.000000150. The molecular formula is C58H39N5O. The number of para-hydroxylation sites is 5. The summed E-state index contributed by atoms with van der Waals surface area (Å²) < 4.78 is 11.4. The second-order valence-electron chi connectivity index (χ2n) is 16.0. The molecule has 0 saturated heterocycles. The highest BCUT2D eigenvalue weighted by Gasteiger charge is 2.23. The van der Waals surface area contributed by atoms with Crippen molar-refractivity contribution in [2.45, 2.75) is 6.92 Å². The highest BCUT2D eigenvalue weighted by Crippen LogP contribution is 2.43. The lowest BCUT2D eigenvalue weighted by atomic mass is 10.1. The fourth-order valence-corrected chi connectivity index (χ4v) is 9.26. The lowest BCUT2D eigenvalue weighted by Gasteiger charge is -2.12. The maximum atomic E-state index is 6.56. The van der Waals surface area contributed by atoms with Gasteiger partial charge in [0.2, 0.25) is 0 Å². The number of benzene rings is 9. The quantitative estimate of drug-likeness (QED) is 0.173. The third-order valence-corrected chi connectivity index (χ3v) is 12.2. The average molecular weight is 822 g/mol. The zero-order valence-corrected chi connectivity index (χ0v) is 34.9. The molecule has 0 aliphatic rings. The van der Waals surface area contributed by atoms with Crippen LogP contribution in [0, 0.1) is 6.92 Å². The number of rotatable bonds is 5. The number of fused-ring (bicyclic) bond motifs is 10. The molecule has 64 heavy (non-hydrogen) atoms. The van der Waals surface area contributed by atoms with E-state index in [1.54, 1.807) is 0 Å². The number of hydrogen-bond acceptors (Lipinski definition) is 4. The summed E-state index contributed by atoms with van der Waals surface area (Å²) in [7, 11) is 0. The Hall–Kier alpha value is -8.61. The van der Waals surface area contributed by atoms with Crippen molar-refractivity contribution < 1.29 is 4.42 Å². The predicted octanol–water partition coefficient (Wildman–Crippen LogP) is 15.0. The Labute approximate surface area is 369 Å². The van der Waals surface area contributed by atoms with Gasteiger partial charge in [-0.25, -0.2) is 15.0 Å². The van der Waals surface area contributed by atoms with Gasteiger partial charge in [-0.2, -0.15) is 0 Å². The van der Waals surface area contributed by atoms with Gasteiger partial charge in [0.15, 0.2) is 23.1 Å². The second kappa shape index (κ2) is 15.4. The lowest BCUT2D eigenvalue weighted by molar-refractivity contribution is 0.666. The van der Waals surface area contributed by atoms with Crippen LogP contribution in [0.1, 0.15) is 5.56 Å². The van der Waals surface area contributed by atoms with Gasteiger partial charge in [-0.3, -0.25) is 0 Å². The topological polar surface area (TPSA) is 61.7 Å². The van der Waals surface area contributed by atoms with Gasteiger partial charge in [0, 0.05) is 54.7 Å². The molecular weight excluding hydrogens is 783 g/mol. The number of furan rings is 1. The second-order valence-corrected chi connectivity index (χ2v) is 16.0. The molecule has 9 aromatic carbocycles. The standard InChI is InChI=1S/C36H22N2O.C22H17N3/c1-2-11-23(12-3-1)37-30-17-7-4-13-24(30)27-21-22-28-25-14-5-8-18-31(25)38(35(28)34(27)37)32-19-10-16-29-26-15-6-9-20-33(26)39-36(29)32;1-16-10-8-9-15-19(16)22-24-20(17-11-4-2-5-12-17)23-21(25-22)18-13-6-3-7-14-18/h1-22H;2-15H,1H3. The summed E-state index contributed by atoms with van der Waals surface area (Å²) in [5.41, 5.74) is 12.9. The molecule has 0 aliphatic heterocycles. The smallest absolute Gasteiger partial charge is 0.164 e. The van der Waals surface area contributed by atoms with Gasteiger partial charge in [-0.1, -0.05) is 182 Å². The zero-order chi connectivity index (χ0) is 42.6. The van der Waals surface area contributed by atoms with Crippen LogP contribution in [-0.4, -0.2) is 24.1 Å². The van der Waals surface area contributed by atoms with Crippen molar-refractivity contribution in [3.05, 3.63) is 224 Å². The monoisotopic (exact) mass is 821 g/mol. The van der Waals surface area contributed by atoms with E-state index in [1.807, 2.05) is 84.9 Å². The van der Waals surface area contributed by atoms with Gasteiger partial charge < -0.3 is 13.6 Å². The van der Waals surface area contributed by atoms with E-state index in [2.05, 4.69) is 150 Å². The first-order valence-corrected chi connectivity index (χ1v) is 21.5. The number of aromatic nitrogens is 5. The minimum absolute atomic E-state index is 0.688. The first kappa shape index (κ1) is 37.2. The molecule has 6 heteroatoms. The van der Waals surface area contributed by atoms with Gasteiger partial charge in [-0.15, -0.1) is 0 Å². The van der Waals surface area contributed by atoms with Crippen molar-refractivity contribution in [2.24, 2.45) is 0 Å². The van der Waals surface area contributed by atoms with Crippen molar-refractivity contribution in [1.29, 1.82) is 0 Å². The summed E-state index contributed by atoms with van der Waals surface area (Å²) in [4.78, 5) is 14.2. The summed E-state index contributed by atoms with van der Waals surface area (Å²) in [6, 6.07) is 75.7. The largest absolute Gasteiger partial charge is 0.454 e. The molecule has 4 heterocycles. The Morgan fingerprint density at radius 3 is 1.48 bits per heavy atom. The van der Waals surface area contributed by atoms with Crippen LogP contribution in [0.15, 0.2) is 223 Å². The number of nitrogens with zero attached hydrogens (tertiary/aromatic N) is 5. The van der Waals surface area contributed by atoms with Crippen LogP contribution in [0.3, 0.4) is 0 Å². The molecule has 4 aromatic heterocycles. The summed E-state index contributed by atoms with van der Waals surface area (Å²) in [6.07, 6.45) is 0. The van der Waals surface area contributed by atoms with Crippen molar-refractivity contribution in [3.63, 3.8) is 0 Å². The SMILES string of the molecule is Cc1ccccc1-c1nc(-c2ccccc2)nc(-c2ccccc2)n1.c1ccc(-n2c3ccccc3c3ccc4c5ccccc5n(-c5cccc6c5oc5ccccc56)c4c32)cc1. The molecule has 302 valence electrons. The van der Waals surface area contributed by atoms with Crippen LogP contribution in [0.4, 0.5) is 0 Å². The van der Waals surface area contributed by atoms with Crippen LogP contribution < -0.4 is 0 Å². The minimum atomic E-state index is 0.688. The molecule has 0 radical (unpaired) electrons. The highest BCUT2D eigenvalue weighted by molar-refractivity contribution is 6.24. The third-order valence-electron chi connectivity index (χ3n) is 12.2. The molecule has 0 atom stereocenters. The first-order valence-electron chi connectivity index (χ1n) is 21.5. The van der Waals surface area contributed by atoms with Gasteiger partial charge in [-0.05, 0) is 48.9 Å². The van der Waals surface area contributed by atoms with Crippen molar-refractivity contribution >= 4 is 65.6 Å².